The van der Waals surface area contributed by atoms with Crippen LogP contribution in [0.25, 0.3) is 0 Å². The molecule has 0 heterocycles. The van der Waals surface area contributed by atoms with Crippen LogP contribution in [0.5, 0.6) is 0 Å². The van der Waals surface area contributed by atoms with Crippen LogP contribution in [0.3, 0.4) is 0 Å². The molecule has 9 heteroatoms. The normalized spacial score (nSPS) is 33.8. The van der Waals surface area contributed by atoms with Gasteiger partial charge in [0.05, 0.1) is 29.1 Å². The minimum Gasteiger partial charge on any atom is -0.393 e. The average Bonchev–Trinajstić information content (AvgIpc) is 3.62. The highest BCUT2D eigenvalue weighted by Crippen LogP contribution is 2.60. The van der Waals surface area contributed by atoms with E-state index in [-0.39, 0.29) is 46.4 Å². The lowest BCUT2D eigenvalue weighted by Gasteiger charge is -2.45. The fraction of sp³-hybridized carbons (Fsp3) is 0.707. The molecule has 10 atom stereocenters. The zero-order valence-electron chi connectivity index (χ0n) is 31.4. The molecule has 0 unspecified atom stereocenters. The minimum atomic E-state index is -3.71. The van der Waals surface area contributed by atoms with E-state index in [0.29, 0.717) is 23.2 Å². The summed E-state index contributed by atoms with van der Waals surface area (Å²) in [4.78, 5) is 0.473. The first kappa shape index (κ1) is 39.4. The predicted octanol–water partition coefficient (Wildman–Crippen LogP) is 9.10. The van der Waals surface area contributed by atoms with E-state index in [2.05, 4.69) is 34.6 Å². The Labute approximate surface area is 303 Å². The molecule has 0 saturated heterocycles. The lowest BCUT2D eigenvalue weighted by atomic mass is 9.60. The molecule has 0 amide bonds. The van der Waals surface area contributed by atoms with E-state index in [1.807, 2.05) is 26.0 Å². The number of benzene rings is 2. The maximum Gasteiger partial charge on any atom is 0.296 e. The molecule has 0 aromatic heterocycles. The van der Waals surface area contributed by atoms with Crippen LogP contribution in [-0.2, 0) is 28.6 Å². The number of fused-ring (bicyclic) bond motifs is 2. The number of aryl methyl sites for hydroxylation is 2. The molecule has 50 heavy (non-hydrogen) atoms. The molecule has 4 saturated carbocycles. The molecule has 0 spiro atoms. The van der Waals surface area contributed by atoms with E-state index in [4.69, 9.17) is 8.37 Å². The Morgan fingerprint density at radius 3 is 1.52 bits per heavy atom. The van der Waals surface area contributed by atoms with Crippen LogP contribution in [0.1, 0.15) is 110 Å². The third-order valence-electron chi connectivity index (χ3n) is 13.7. The molecule has 0 radical (unpaired) electrons. The summed E-state index contributed by atoms with van der Waals surface area (Å²) < 4.78 is 60.6. The summed E-state index contributed by atoms with van der Waals surface area (Å²) in [5, 5.41) is 10.3. The van der Waals surface area contributed by atoms with Gasteiger partial charge in [-0.25, -0.2) is 0 Å². The monoisotopic (exact) mass is 730 g/mol. The van der Waals surface area contributed by atoms with Gasteiger partial charge in [-0.2, -0.15) is 16.8 Å². The van der Waals surface area contributed by atoms with Crippen molar-refractivity contribution < 1.29 is 30.3 Å². The minimum absolute atomic E-state index is 0.105. The molecule has 4 fully saturated rings. The first-order valence-electron chi connectivity index (χ1n) is 19.1. The first-order valence-corrected chi connectivity index (χ1v) is 21.9. The number of aliphatic hydroxyl groups excluding tert-OH is 1. The Morgan fingerprint density at radius 1 is 0.660 bits per heavy atom. The van der Waals surface area contributed by atoms with Gasteiger partial charge in [-0.3, -0.25) is 8.37 Å². The summed E-state index contributed by atoms with van der Waals surface area (Å²) >= 11 is 0. The van der Waals surface area contributed by atoms with Crippen molar-refractivity contribution in [2.75, 3.05) is 13.2 Å². The van der Waals surface area contributed by atoms with Gasteiger partial charge >= 0.3 is 0 Å². The third kappa shape index (κ3) is 8.38. The van der Waals surface area contributed by atoms with Gasteiger partial charge in [-0.15, -0.1) is 0 Å². The summed E-state index contributed by atoms with van der Waals surface area (Å²) in [5.74, 6) is 3.33. The van der Waals surface area contributed by atoms with Crippen LogP contribution in [0.4, 0.5) is 0 Å². The largest absolute Gasteiger partial charge is 0.393 e. The summed E-state index contributed by atoms with van der Waals surface area (Å²) in [6, 6.07) is 13.6. The van der Waals surface area contributed by atoms with E-state index in [1.54, 1.807) is 36.4 Å². The van der Waals surface area contributed by atoms with Gasteiger partial charge in [0.1, 0.15) is 0 Å². The number of aliphatic hydroxyl groups is 1. The number of hydrogen-bond donors (Lipinski definition) is 1. The quantitative estimate of drug-likeness (QED) is 0.243. The van der Waals surface area contributed by atoms with Crippen molar-refractivity contribution in [2.45, 2.75) is 129 Å². The van der Waals surface area contributed by atoms with Gasteiger partial charge in [0, 0.05) is 0 Å². The fourth-order valence-electron chi connectivity index (χ4n) is 10.8. The zero-order chi connectivity index (χ0) is 36.5. The maximum absolute atomic E-state index is 12.5. The Balaban J connectivity index is 0.000000194. The smallest absolute Gasteiger partial charge is 0.296 e. The van der Waals surface area contributed by atoms with E-state index in [0.717, 1.165) is 55.1 Å². The van der Waals surface area contributed by atoms with Crippen molar-refractivity contribution >= 4 is 20.2 Å². The summed E-state index contributed by atoms with van der Waals surface area (Å²) in [7, 11) is -7.37. The van der Waals surface area contributed by atoms with Crippen molar-refractivity contribution in [3.63, 3.8) is 0 Å². The Bertz CT molecular complexity index is 1510. The number of hydrogen-bond acceptors (Lipinski definition) is 7. The topological polar surface area (TPSA) is 107 Å². The van der Waals surface area contributed by atoms with Crippen LogP contribution >= 0.6 is 0 Å². The highest BCUT2D eigenvalue weighted by atomic mass is 32.2. The average molecular weight is 731 g/mol. The molecule has 2 aromatic carbocycles. The molecule has 6 rings (SSSR count). The SMILES string of the molecule is Cc1ccc(S(=O)(=O)OC[C@@H](C)[C@H]2CC[C@H]3[C@@H](C)CCC[C@]23C)cc1.Cc1ccc(S(=O)(=O)OC[C@@H](C)[C@H]2CC[C@H]3[C@@H](O)CCC[C@]23C)cc1. The molecule has 280 valence electrons. The molecule has 0 aliphatic heterocycles. The molecule has 4 aliphatic rings. The molecule has 0 bridgehead atoms. The van der Waals surface area contributed by atoms with E-state index >= 15 is 0 Å². The predicted molar refractivity (Wildman–Crippen MR) is 198 cm³/mol. The van der Waals surface area contributed by atoms with Gasteiger partial charge in [-0.05, 0) is 135 Å². The third-order valence-corrected chi connectivity index (χ3v) is 16.3. The molecule has 7 nitrogen and oxygen atoms in total. The van der Waals surface area contributed by atoms with Crippen LogP contribution < -0.4 is 0 Å². The van der Waals surface area contributed by atoms with E-state index < -0.39 is 20.2 Å². The molecule has 2 aromatic rings. The second-order valence-corrected chi connectivity index (χ2v) is 20.2. The number of rotatable bonds is 10. The van der Waals surface area contributed by atoms with Crippen molar-refractivity contribution in [3.05, 3.63) is 59.7 Å². The van der Waals surface area contributed by atoms with Crippen LogP contribution in [-0.4, -0.2) is 41.3 Å². The molecule has 1 N–H and O–H groups in total. The molecular formula is C41H62O7S2. The Hall–Kier alpha value is -1.78. The summed E-state index contributed by atoms with van der Waals surface area (Å²) in [6.45, 7) is 15.7. The fourth-order valence-corrected chi connectivity index (χ4v) is 12.8. The lowest BCUT2D eigenvalue weighted by molar-refractivity contribution is -0.0307. The van der Waals surface area contributed by atoms with Crippen molar-refractivity contribution in [1.29, 1.82) is 0 Å². The van der Waals surface area contributed by atoms with Crippen molar-refractivity contribution in [1.82, 2.24) is 0 Å². The highest BCUT2D eigenvalue weighted by Gasteiger charge is 2.53. The Morgan fingerprint density at radius 2 is 1.06 bits per heavy atom. The highest BCUT2D eigenvalue weighted by molar-refractivity contribution is 7.87. The van der Waals surface area contributed by atoms with Gasteiger partial charge in [0.25, 0.3) is 20.2 Å². The molecule has 4 aliphatic carbocycles. The van der Waals surface area contributed by atoms with Gasteiger partial charge in [0.2, 0.25) is 0 Å². The first-order chi connectivity index (χ1) is 23.5. The van der Waals surface area contributed by atoms with Crippen molar-refractivity contribution in [3.8, 4) is 0 Å². The summed E-state index contributed by atoms with van der Waals surface area (Å²) in [5.41, 5.74) is 2.53. The van der Waals surface area contributed by atoms with Gasteiger partial charge in [0.15, 0.2) is 0 Å². The molecular weight excluding hydrogens is 669 g/mol. The van der Waals surface area contributed by atoms with Gasteiger partial charge in [-0.1, -0.05) is 89.3 Å². The van der Waals surface area contributed by atoms with E-state index in [1.165, 1.54) is 32.1 Å². The second-order valence-electron chi connectivity index (χ2n) is 17.0. The van der Waals surface area contributed by atoms with Crippen LogP contribution in [0, 0.1) is 66.1 Å². The lowest BCUT2D eigenvalue weighted by Crippen LogP contribution is -2.42. The van der Waals surface area contributed by atoms with Gasteiger partial charge < -0.3 is 5.11 Å². The van der Waals surface area contributed by atoms with Crippen LogP contribution in [0.15, 0.2) is 58.3 Å². The van der Waals surface area contributed by atoms with Crippen molar-refractivity contribution in [2.24, 2.45) is 52.3 Å². The Kier molecular flexibility index (Phi) is 12.4. The standard InChI is InChI=1S/C21H32O3S.C20H30O4S/c1-15-7-9-18(10-8-15)25(22,23)24-14-17(3)20-12-11-19-16(2)6-5-13-21(19,20)4;1-14-6-8-16(9-7-14)25(22,23)24-13-15(2)17-10-11-18-19(21)5-4-12-20(17,18)3/h7-10,16-17,19-20H,5-6,11-14H2,1-4H3;6-9,15,17-19,21H,4-5,10-13H2,1-3H3/t16-,17+,19-,20+,21-;15-,17-,18+,19+,20-/m01/s1. The second kappa shape index (κ2) is 15.7. The van der Waals surface area contributed by atoms with Crippen LogP contribution in [0.2, 0.25) is 0 Å². The zero-order valence-corrected chi connectivity index (χ0v) is 33.1. The maximum atomic E-state index is 12.5. The van der Waals surface area contributed by atoms with E-state index in [9.17, 15) is 21.9 Å². The summed E-state index contributed by atoms with van der Waals surface area (Å²) in [6.07, 6.45) is 11.4.